The van der Waals surface area contributed by atoms with Crippen LogP contribution in [-0.2, 0) is 0 Å². The van der Waals surface area contributed by atoms with E-state index in [2.05, 4.69) is 0 Å². The fourth-order valence-electron chi connectivity index (χ4n) is 2.22. The summed E-state index contributed by atoms with van der Waals surface area (Å²) in [5.74, 6) is -0.530. The summed E-state index contributed by atoms with van der Waals surface area (Å²) in [6.07, 6.45) is 3.18. The number of benzene rings is 1. The predicted octanol–water partition coefficient (Wildman–Crippen LogP) is 1.01. The first-order chi connectivity index (χ1) is 9.09. The van der Waals surface area contributed by atoms with Gasteiger partial charge in [0.15, 0.2) is 0 Å². The van der Waals surface area contributed by atoms with Crippen LogP contribution in [-0.4, -0.2) is 35.0 Å². The molecule has 0 unspecified atom stereocenters. The first kappa shape index (κ1) is 13.4. The Morgan fingerprint density at radius 2 is 1.74 bits per heavy atom. The maximum Gasteiger partial charge on any atom is 0.275 e. The van der Waals surface area contributed by atoms with Crippen LogP contribution in [0.3, 0.4) is 0 Å². The van der Waals surface area contributed by atoms with E-state index in [9.17, 15) is 4.79 Å². The number of carbonyl (C=O) groups is 1. The van der Waals surface area contributed by atoms with Crippen molar-refractivity contribution in [2.24, 2.45) is 5.73 Å². The summed E-state index contributed by atoms with van der Waals surface area (Å²) in [5, 5.41) is 10.7. The number of piperidine rings is 1. The molecule has 6 nitrogen and oxygen atoms in total. The maximum absolute atomic E-state index is 12.4. The second-order valence-electron chi connectivity index (χ2n) is 4.64. The Bertz CT molecular complexity index is 464. The lowest BCUT2D eigenvalue weighted by atomic mass is 10.1. The highest BCUT2D eigenvalue weighted by Gasteiger charge is 2.26. The molecule has 1 heterocycles. The van der Waals surface area contributed by atoms with Gasteiger partial charge in [0, 0.05) is 24.3 Å². The van der Waals surface area contributed by atoms with Crippen molar-refractivity contribution in [3.8, 4) is 0 Å². The molecule has 19 heavy (non-hydrogen) atoms. The third-order valence-corrected chi connectivity index (χ3v) is 3.19. The predicted molar refractivity (Wildman–Crippen MR) is 74.4 cm³/mol. The van der Waals surface area contributed by atoms with Gasteiger partial charge in [-0.05, 0) is 37.1 Å². The van der Waals surface area contributed by atoms with E-state index in [1.165, 1.54) is 5.01 Å². The van der Waals surface area contributed by atoms with Gasteiger partial charge >= 0.3 is 0 Å². The molecular formula is C13H19N5O. The van der Waals surface area contributed by atoms with Crippen molar-refractivity contribution in [2.75, 3.05) is 18.8 Å². The average molecular weight is 261 g/mol. The van der Waals surface area contributed by atoms with E-state index >= 15 is 0 Å². The van der Waals surface area contributed by atoms with E-state index in [0.29, 0.717) is 11.3 Å². The second kappa shape index (κ2) is 5.71. The minimum atomic E-state index is -0.283. The molecule has 2 rings (SSSR count). The van der Waals surface area contributed by atoms with E-state index in [1.54, 1.807) is 24.3 Å². The normalized spacial score (nSPS) is 16.0. The second-order valence-corrected chi connectivity index (χ2v) is 4.64. The largest absolute Gasteiger partial charge is 0.399 e. The number of nitrogens with one attached hydrogen (secondary N) is 1. The highest BCUT2D eigenvalue weighted by Crippen LogP contribution is 2.15. The van der Waals surface area contributed by atoms with E-state index in [-0.39, 0.29) is 11.9 Å². The zero-order valence-electron chi connectivity index (χ0n) is 10.8. The number of guanidine groups is 1. The van der Waals surface area contributed by atoms with E-state index in [4.69, 9.17) is 16.9 Å². The summed E-state index contributed by atoms with van der Waals surface area (Å²) in [4.78, 5) is 12.4. The lowest BCUT2D eigenvalue weighted by Gasteiger charge is -2.35. The van der Waals surface area contributed by atoms with Crippen molar-refractivity contribution in [1.29, 1.82) is 5.41 Å². The molecule has 0 bridgehead atoms. The minimum absolute atomic E-state index is 0.247. The Kier molecular flexibility index (Phi) is 4.01. The van der Waals surface area contributed by atoms with Crippen molar-refractivity contribution in [3.05, 3.63) is 29.8 Å². The smallest absolute Gasteiger partial charge is 0.275 e. The Hall–Kier alpha value is -2.08. The lowest BCUT2D eigenvalue weighted by molar-refractivity contribution is 0.0197. The molecule has 0 radical (unpaired) electrons. The van der Waals surface area contributed by atoms with Crippen molar-refractivity contribution < 1.29 is 4.79 Å². The van der Waals surface area contributed by atoms with Gasteiger partial charge in [-0.25, -0.2) is 10.0 Å². The topological polar surface area (TPSA) is 99.4 Å². The number of hydrazine groups is 1. The quantitative estimate of drug-likeness (QED) is 0.420. The molecular weight excluding hydrogens is 242 g/mol. The van der Waals surface area contributed by atoms with Gasteiger partial charge in [0.25, 0.3) is 5.91 Å². The third-order valence-electron chi connectivity index (χ3n) is 3.19. The van der Waals surface area contributed by atoms with Crippen LogP contribution in [0.4, 0.5) is 5.69 Å². The molecule has 1 aliphatic heterocycles. The van der Waals surface area contributed by atoms with Crippen LogP contribution in [0.2, 0.25) is 0 Å². The van der Waals surface area contributed by atoms with Crippen molar-refractivity contribution >= 4 is 17.6 Å². The molecule has 0 aromatic heterocycles. The average Bonchev–Trinajstić information content (AvgIpc) is 2.40. The van der Waals surface area contributed by atoms with Crippen LogP contribution in [0, 0.1) is 5.41 Å². The Morgan fingerprint density at radius 1 is 1.16 bits per heavy atom. The number of hydrogen-bond donors (Lipinski definition) is 3. The molecule has 1 saturated heterocycles. The molecule has 1 aliphatic rings. The van der Waals surface area contributed by atoms with Gasteiger partial charge in [-0.2, -0.15) is 0 Å². The van der Waals surface area contributed by atoms with Crippen LogP contribution in [0.1, 0.15) is 29.6 Å². The van der Waals surface area contributed by atoms with Crippen molar-refractivity contribution in [1.82, 2.24) is 10.0 Å². The molecule has 1 aromatic rings. The number of hydrogen-bond acceptors (Lipinski definition) is 4. The molecule has 6 heteroatoms. The summed E-state index contributed by atoms with van der Waals surface area (Å²) in [6.45, 7) is 1.50. The third kappa shape index (κ3) is 3.03. The molecule has 102 valence electrons. The van der Waals surface area contributed by atoms with E-state index in [0.717, 1.165) is 32.4 Å². The SMILES string of the molecule is N=C(N)N(C(=O)c1ccc(N)cc1)N1CCCCC1. The fourth-order valence-corrected chi connectivity index (χ4v) is 2.22. The van der Waals surface area contributed by atoms with Gasteiger partial charge in [-0.15, -0.1) is 0 Å². The highest BCUT2D eigenvalue weighted by atomic mass is 16.2. The number of anilines is 1. The molecule has 5 N–H and O–H groups in total. The Labute approximate surface area is 112 Å². The zero-order chi connectivity index (χ0) is 13.8. The van der Waals surface area contributed by atoms with Crippen molar-refractivity contribution in [2.45, 2.75) is 19.3 Å². The van der Waals surface area contributed by atoms with Gasteiger partial charge < -0.3 is 11.5 Å². The number of nitrogens with two attached hydrogens (primary N) is 2. The lowest BCUT2D eigenvalue weighted by Crippen LogP contribution is -2.54. The molecule has 1 fully saturated rings. The van der Waals surface area contributed by atoms with Gasteiger partial charge in [0.05, 0.1) is 0 Å². The van der Waals surface area contributed by atoms with Crippen LogP contribution in [0.5, 0.6) is 0 Å². The standard InChI is InChI=1S/C13H19N5O/c14-11-6-4-10(5-7-11)12(19)18(13(15)16)17-8-2-1-3-9-17/h4-7H,1-3,8-9,14H2,(H3,15,16). The number of nitrogens with zero attached hydrogens (tertiary/aromatic N) is 2. The minimum Gasteiger partial charge on any atom is -0.399 e. The molecule has 0 saturated carbocycles. The number of carbonyl (C=O) groups excluding carboxylic acids is 1. The summed E-state index contributed by atoms with van der Waals surface area (Å²) >= 11 is 0. The Balaban J connectivity index is 2.20. The van der Waals surface area contributed by atoms with Crippen LogP contribution in [0.15, 0.2) is 24.3 Å². The van der Waals surface area contributed by atoms with Gasteiger partial charge in [0.1, 0.15) is 0 Å². The molecule has 1 aromatic carbocycles. The molecule has 1 amide bonds. The van der Waals surface area contributed by atoms with Gasteiger partial charge in [-0.1, -0.05) is 6.42 Å². The molecule has 0 spiro atoms. The van der Waals surface area contributed by atoms with Crippen LogP contribution in [0.25, 0.3) is 0 Å². The zero-order valence-corrected chi connectivity index (χ0v) is 10.8. The van der Waals surface area contributed by atoms with E-state index in [1.807, 2.05) is 5.01 Å². The fraction of sp³-hybridized carbons (Fsp3) is 0.385. The highest BCUT2D eigenvalue weighted by molar-refractivity contribution is 6.04. The van der Waals surface area contributed by atoms with Gasteiger partial charge in [0.2, 0.25) is 5.96 Å². The van der Waals surface area contributed by atoms with E-state index < -0.39 is 0 Å². The summed E-state index contributed by atoms with van der Waals surface area (Å²) in [5.41, 5.74) is 12.2. The van der Waals surface area contributed by atoms with Crippen molar-refractivity contribution in [3.63, 3.8) is 0 Å². The summed E-state index contributed by atoms with van der Waals surface area (Å²) in [6, 6.07) is 6.64. The monoisotopic (exact) mass is 261 g/mol. The first-order valence-electron chi connectivity index (χ1n) is 6.38. The maximum atomic E-state index is 12.4. The summed E-state index contributed by atoms with van der Waals surface area (Å²) in [7, 11) is 0. The summed E-state index contributed by atoms with van der Waals surface area (Å²) < 4.78 is 0. The van der Waals surface area contributed by atoms with Gasteiger partial charge in [-0.3, -0.25) is 10.2 Å². The molecule has 0 atom stereocenters. The Morgan fingerprint density at radius 3 is 2.26 bits per heavy atom. The number of nitrogen functional groups attached to an aromatic ring is 1. The van der Waals surface area contributed by atoms with Crippen LogP contribution < -0.4 is 11.5 Å². The number of rotatable bonds is 2. The molecule has 0 aliphatic carbocycles. The number of amides is 1. The first-order valence-corrected chi connectivity index (χ1v) is 6.38. The van der Waals surface area contributed by atoms with Crippen LogP contribution >= 0.6 is 0 Å².